The van der Waals surface area contributed by atoms with Crippen LogP contribution in [0.1, 0.15) is 10.4 Å². The zero-order chi connectivity index (χ0) is 17.6. The van der Waals surface area contributed by atoms with Gasteiger partial charge in [-0.15, -0.1) is 0 Å². The second kappa shape index (κ2) is 7.63. The first kappa shape index (κ1) is 16.7. The largest absolute Gasteiger partial charge is 0.357 e. The van der Waals surface area contributed by atoms with Crippen molar-refractivity contribution in [3.63, 3.8) is 0 Å². The molecule has 2 aromatic carbocycles. The van der Waals surface area contributed by atoms with Crippen LogP contribution in [0.15, 0.2) is 60.8 Å². The SMILES string of the molecule is CNc1ncc(Cl)c(Nc2ccccc2C(=O)Nc2ccccc2)n1. The van der Waals surface area contributed by atoms with Gasteiger partial charge in [-0.3, -0.25) is 4.79 Å². The lowest BCUT2D eigenvalue weighted by atomic mass is 10.1. The van der Waals surface area contributed by atoms with E-state index in [1.807, 2.05) is 36.4 Å². The summed E-state index contributed by atoms with van der Waals surface area (Å²) in [6.45, 7) is 0. The Kier molecular flexibility index (Phi) is 5.11. The van der Waals surface area contributed by atoms with Gasteiger partial charge >= 0.3 is 0 Å². The van der Waals surface area contributed by atoms with E-state index in [1.54, 1.807) is 25.2 Å². The molecule has 0 saturated carbocycles. The lowest BCUT2D eigenvalue weighted by molar-refractivity contribution is 0.102. The second-order valence-electron chi connectivity index (χ2n) is 5.13. The fourth-order valence-corrected chi connectivity index (χ4v) is 2.35. The van der Waals surface area contributed by atoms with Crippen LogP contribution in [0.25, 0.3) is 0 Å². The molecule has 0 fully saturated rings. The number of anilines is 4. The lowest BCUT2D eigenvalue weighted by Crippen LogP contribution is -2.14. The molecule has 1 amide bonds. The van der Waals surface area contributed by atoms with E-state index < -0.39 is 0 Å². The Hall–Kier alpha value is -3.12. The minimum absolute atomic E-state index is 0.228. The summed E-state index contributed by atoms with van der Waals surface area (Å²) in [5, 5.41) is 9.17. The molecule has 1 aromatic heterocycles. The van der Waals surface area contributed by atoms with Crippen molar-refractivity contribution in [2.75, 3.05) is 23.0 Å². The number of aromatic nitrogens is 2. The highest BCUT2D eigenvalue weighted by atomic mass is 35.5. The van der Waals surface area contributed by atoms with Crippen LogP contribution in [0.2, 0.25) is 5.02 Å². The molecular formula is C18H16ClN5O. The second-order valence-corrected chi connectivity index (χ2v) is 5.54. The lowest BCUT2D eigenvalue weighted by Gasteiger charge is -2.13. The molecule has 1 heterocycles. The van der Waals surface area contributed by atoms with Gasteiger partial charge in [-0.25, -0.2) is 4.98 Å². The highest BCUT2D eigenvalue weighted by molar-refractivity contribution is 6.33. The van der Waals surface area contributed by atoms with Gasteiger partial charge in [-0.2, -0.15) is 4.98 Å². The molecule has 0 spiro atoms. The molecule has 0 atom stereocenters. The number of hydrogen-bond donors (Lipinski definition) is 3. The summed E-state index contributed by atoms with van der Waals surface area (Å²) in [6.07, 6.45) is 1.50. The maximum absolute atomic E-state index is 12.6. The molecular weight excluding hydrogens is 338 g/mol. The fourth-order valence-electron chi connectivity index (χ4n) is 2.21. The number of benzene rings is 2. The summed E-state index contributed by atoms with van der Waals surface area (Å²) < 4.78 is 0. The molecule has 0 radical (unpaired) electrons. The smallest absolute Gasteiger partial charge is 0.257 e. The Bertz CT molecular complexity index is 886. The summed E-state index contributed by atoms with van der Waals surface area (Å²) >= 11 is 6.15. The summed E-state index contributed by atoms with van der Waals surface area (Å²) in [5.41, 5.74) is 1.80. The van der Waals surface area contributed by atoms with Crippen LogP contribution in [-0.2, 0) is 0 Å². The summed E-state index contributed by atoms with van der Waals surface area (Å²) in [5.74, 6) is 0.618. The summed E-state index contributed by atoms with van der Waals surface area (Å²) in [6, 6.07) is 16.4. The predicted molar refractivity (Wildman–Crippen MR) is 101 cm³/mol. The number of nitrogens with zero attached hydrogens (tertiary/aromatic N) is 2. The van der Waals surface area contributed by atoms with Crippen LogP contribution < -0.4 is 16.0 Å². The van der Waals surface area contributed by atoms with Gasteiger partial charge in [0.2, 0.25) is 5.95 Å². The Morgan fingerprint density at radius 1 is 1.04 bits per heavy atom. The maximum Gasteiger partial charge on any atom is 0.257 e. The topological polar surface area (TPSA) is 78.9 Å². The number of hydrogen-bond acceptors (Lipinski definition) is 5. The minimum Gasteiger partial charge on any atom is -0.357 e. The summed E-state index contributed by atoms with van der Waals surface area (Å²) in [7, 11) is 1.72. The van der Waals surface area contributed by atoms with Crippen LogP contribution in [0, 0.1) is 0 Å². The van der Waals surface area contributed by atoms with Crippen molar-refractivity contribution in [1.29, 1.82) is 0 Å². The minimum atomic E-state index is -0.228. The molecule has 0 aliphatic heterocycles. The van der Waals surface area contributed by atoms with Gasteiger partial charge in [0.25, 0.3) is 5.91 Å². The van der Waals surface area contributed by atoms with E-state index in [2.05, 4.69) is 25.9 Å². The zero-order valence-corrected chi connectivity index (χ0v) is 14.2. The van der Waals surface area contributed by atoms with Gasteiger partial charge in [0.15, 0.2) is 5.82 Å². The van der Waals surface area contributed by atoms with E-state index in [1.165, 1.54) is 6.20 Å². The molecule has 126 valence electrons. The molecule has 7 heteroatoms. The van der Waals surface area contributed by atoms with Crippen LogP contribution in [0.3, 0.4) is 0 Å². The predicted octanol–water partition coefficient (Wildman–Crippen LogP) is 4.17. The van der Waals surface area contributed by atoms with Gasteiger partial charge in [0.05, 0.1) is 17.4 Å². The quantitative estimate of drug-likeness (QED) is 0.641. The first-order valence-electron chi connectivity index (χ1n) is 7.60. The molecule has 3 N–H and O–H groups in total. The number of rotatable bonds is 5. The fraction of sp³-hybridized carbons (Fsp3) is 0.0556. The highest BCUT2D eigenvalue weighted by Crippen LogP contribution is 2.26. The van der Waals surface area contributed by atoms with Crippen molar-refractivity contribution in [1.82, 2.24) is 9.97 Å². The Balaban J connectivity index is 1.87. The third-order valence-corrected chi connectivity index (χ3v) is 3.70. The third-order valence-electron chi connectivity index (χ3n) is 3.42. The Labute approximate surface area is 150 Å². The number of carbonyl (C=O) groups excluding carboxylic acids is 1. The molecule has 0 aliphatic carbocycles. The van der Waals surface area contributed by atoms with Crippen molar-refractivity contribution >= 4 is 40.6 Å². The van der Waals surface area contributed by atoms with Gasteiger partial charge in [0, 0.05) is 12.7 Å². The van der Waals surface area contributed by atoms with Gasteiger partial charge < -0.3 is 16.0 Å². The van der Waals surface area contributed by atoms with Crippen molar-refractivity contribution in [3.05, 3.63) is 71.4 Å². The van der Waals surface area contributed by atoms with Crippen molar-refractivity contribution in [3.8, 4) is 0 Å². The van der Waals surface area contributed by atoms with Crippen LogP contribution >= 0.6 is 11.6 Å². The first-order chi connectivity index (χ1) is 12.2. The molecule has 0 unspecified atom stereocenters. The standard InChI is InChI=1S/C18H16ClN5O/c1-20-18-21-11-14(19)16(24-18)23-15-10-6-5-9-13(15)17(25)22-12-7-3-2-4-8-12/h2-11H,1H3,(H,22,25)(H2,20,21,23,24). The van der Waals surface area contributed by atoms with Crippen molar-refractivity contribution < 1.29 is 4.79 Å². The number of nitrogens with one attached hydrogen (secondary N) is 3. The van der Waals surface area contributed by atoms with Crippen LogP contribution in [0.4, 0.5) is 23.1 Å². The Morgan fingerprint density at radius 3 is 2.52 bits per heavy atom. The summed E-state index contributed by atoms with van der Waals surface area (Å²) in [4.78, 5) is 20.9. The monoisotopic (exact) mass is 353 g/mol. The van der Waals surface area contributed by atoms with E-state index >= 15 is 0 Å². The molecule has 0 aliphatic rings. The van der Waals surface area contributed by atoms with E-state index in [4.69, 9.17) is 11.6 Å². The number of amides is 1. The van der Waals surface area contributed by atoms with Crippen molar-refractivity contribution in [2.45, 2.75) is 0 Å². The number of carbonyl (C=O) groups is 1. The van der Waals surface area contributed by atoms with E-state index in [-0.39, 0.29) is 5.91 Å². The maximum atomic E-state index is 12.6. The number of para-hydroxylation sites is 2. The van der Waals surface area contributed by atoms with E-state index in [9.17, 15) is 4.79 Å². The van der Waals surface area contributed by atoms with Crippen molar-refractivity contribution in [2.24, 2.45) is 0 Å². The highest BCUT2D eigenvalue weighted by Gasteiger charge is 2.13. The van der Waals surface area contributed by atoms with Gasteiger partial charge in [-0.05, 0) is 24.3 Å². The van der Waals surface area contributed by atoms with E-state index in [0.29, 0.717) is 28.0 Å². The van der Waals surface area contributed by atoms with Gasteiger partial charge in [-0.1, -0.05) is 41.9 Å². The molecule has 3 aromatic rings. The average Bonchev–Trinajstić information content (AvgIpc) is 2.65. The first-order valence-corrected chi connectivity index (χ1v) is 7.98. The molecule has 0 bridgehead atoms. The molecule has 6 nitrogen and oxygen atoms in total. The van der Waals surface area contributed by atoms with Crippen LogP contribution in [-0.4, -0.2) is 22.9 Å². The molecule has 25 heavy (non-hydrogen) atoms. The normalized spacial score (nSPS) is 10.2. The Morgan fingerprint density at radius 2 is 1.76 bits per heavy atom. The molecule has 0 saturated heterocycles. The zero-order valence-electron chi connectivity index (χ0n) is 13.5. The third kappa shape index (κ3) is 4.05. The van der Waals surface area contributed by atoms with E-state index in [0.717, 1.165) is 5.69 Å². The molecule has 3 rings (SSSR count). The van der Waals surface area contributed by atoms with Gasteiger partial charge in [0.1, 0.15) is 5.02 Å². The average molecular weight is 354 g/mol. The number of halogens is 1. The van der Waals surface area contributed by atoms with Crippen LogP contribution in [0.5, 0.6) is 0 Å².